The van der Waals surface area contributed by atoms with Crippen molar-refractivity contribution in [2.24, 2.45) is 5.92 Å². The Morgan fingerprint density at radius 1 is 1.22 bits per heavy atom. The predicted octanol–water partition coefficient (Wildman–Crippen LogP) is 1.20. The summed E-state index contributed by atoms with van der Waals surface area (Å²) in [7, 11) is 0. The molecule has 1 aliphatic heterocycles. The fourth-order valence-corrected chi connectivity index (χ4v) is 3.07. The van der Waals surface area contributed by atoms with Crippen LogP contribution in [0.3, 0.4) is 0 Å². The van der Waals surface area contributed by atoms with Gasteiger partial charge in [0.25, 0.3) is 0 Å². The van der Waals surface area contributed by atoms with Gasteiger partial charge in [-0.2, -0.15) is 5.10 Å². The van der Waals surface area contributed by atoms with Gasteiger partial charge in [0.15, 0.2) is 0 Å². The molecule has 0 amide bonds. The fraction of sp³-hybridized carbons (Fsp3) is 0.412. The number of carboxylic acids is 1. The Balaban J connectivity index is 1.71. The summed E-state index contributed by atoms with van der Waals surface area (Å²) in [5, 5.41) is 23.3. The van der Waals surface area contributed by atoms with Crippen molar-refractivity contribution >= 4 is 5.97 Å². The quantitative estimate of drug-likeness (QED) is 0.867. The molecule has 3 rings (SSSR count). The molecule has 122 valence electrons. The van der Waals surface area contributed by atoms with E-state index in [-0.39, 0.29) is 0 Å². The first-order chi connectivity index (χ1) is 11.1. The molecule has 1 fully saturated rings. The van der Waals surface area contributed by atoms with Gasteiger partial charge in [-0.25, -0.2) is 0 Å². The molecule has 0 bridgehead atoms. The van der Waals surface area contributed by atoms with Crippen molar-refractivity contribution in [3.05, 3.63) is 53.9 Å². The molecule has 2 N–H and O–H groups in total. The lowest BCUT2D eigenvalue weighted by Gasteiger charge is -2.34. The smallest absolute Gasteiger partial charge is 0.310 e. The number of likely N-dealkylation sites (tertiary alicyclic amines) is 1. The van der Waals surface area contributed by atoms with Crippen molar-refractivity contribution in [1.29, 1.82) is 0 Å². The highest BCUT2D eigenvalue weighted by Gasteiger charge is 2.33. The third-order valence-electron chi connectivity index (χ3n) is 4.38. The number of carboxylic acid groups (broad SMARTS) is 1. The Hall–Kier alpha value is -2.18. The van der Waals surface area contributed by atoms with Crippen molar-refractivity contribution in [2.45, 2.75) is 25.6 Å². The maximum Gasteiger partial charge on any atom is 0.310 e. The average Bonchev–Trinajstić information content (AvgIpc) is 3.04. The minimum absolute atomic E-state index is 0.382. The Morgan fingerprint density at radius 2 is 1.96 bits per heavy atom. The standard InChI is InChI=1S/C17H21N3O3/c21-16-6-9-19(12-15(16)17(22)23)10-13-4-1-2-5-14(13)11-20-8-3-7-18-20/h1-5,7-8,15-16,21H,6,9-12H2,(H,22,23)/t15-,16+/m1/s1. The molecular formula is C17H21N3O3. The summed E-state index contributed by atoms with van der Waals surface area (Å²) in [4.78, 5) is 13.3. The van der Waals surface area contributed by atoms with Gasteiger partial charge in [0.2, 0.25) is 0 Å². The number of benzene rings is 1. The highest BCUT2D eigenvalue weighted by molar-refractivity contribution is 5.71. The van der Waals surface area contributed by atoms with Gasteiger partial charge in [-0.1, -0.05) is 24.3 Å². The summed E-state index contributed by atoms with van der Waals surface area (Å²) in [6, 6.07) is 10.0. The van der Waals surface area contributed by atoms with Gasteiger partial charge in [0, 0.05) is 32.0 Å². The molecule has 0 radical (unpaired) electrons. The lowest BCUT2D eigenvalue weighted by molar-refractivity contribution is -0.149. The van der Waals surface area contributed by atoms with E-state index in [1.807, 2.05) is 29.1 Å². The summed E-state index contributed by atoms with van der Waals surface area (Å²) < 4.78 is 1.87. The lowest BCUT2D eigenvalue weighted by Crippen LogP contribution is -2.46. The average molecular weight is 315 g/mol. The third kappa shape index (κ3) is 3.78. The van der Waals surface area contributed by atoms with Crippen molar-refractivity contribution in [3.8, 4) is 0 Å². The Morgan fingerprint density at radius 3 is 2.61 bits per heavy atom. The Bertz CT molecular complexity index is 657. The first-order valence-corrected chi connectivity index (χ1v) is 7.81. The van der Waals surface area contributed by atoms with Crippen LogP contribution < -0.4 is 0 Å². The number of hydrogen-bond acceptors (Lipinski definition) is 4. The molecule has 1 aromatic carbocycles. The van der Waals surface area contributed by atoms with E-state index in [4.69, 9.17) is 0 Å². The van der Waals surface area contributed by atoms with Crippen LogP contribution in [0, 0.1) is 5.92 Å². The summed E-state index contributed by atoms with van der Waals surface area (Å²) >= 11 is 0. The second-order valence-corrected chi connectivity index (χ2v) is 6.01. The minimum atomic E-state index is -0.924. The largest absolute Gasteiger partial charge is 0.481 e. The lowest BCUT2D eigenvalue weighted by atomic mass is 9.94. The van der Waals surface area contributed by atoms with E-state index in [0.29, 0.717) is 32.6 Å². The summed E-state index contributed by atoms with van der Waals surface area (Å²) in [6.45, 7) is 2.48. The van der Waals surface area contributed by atoms with E-state index >= 15 is 0 Å². The molecule has 6 heteroatoms. The van der Waals surface area contributed by atoms with Crippen LogP contribution >= 0.6 is 0 Å². The summed E-state index contributed by atoms with van der Waals surface area (Å²) in [6.07, 6.45) is 3.43. The van der Waals surface area contributed by atoms with Crippen molar-refractivity contribution in [1.82, 2.24) is 14.7 Å². The maximum atomic E-state index is 11.2. The molecule has 6 nitrogen and oxygen atoms in total. The molecule has 23 heavy (non-hydrogen) atoms. The number of hydrogen-bond donors (Lipinski definition) is 2. The normalized spacial score (nSPS) is 22.1. The zero-order valence-corrected chi connectivity index (χ0v) is 12.9. The van der Waals surface area contributed by atoms with E-state index in [2.05, 4.69) is 22.1 Å². The SMILES string of the molecule is O=C(O)[C@@H]1CN(Cc2ccccc2Cn2cccn2)CC[C@@H]1O. The molecule has 2 atom stereocenters. The second kappa shape index (κ2) is 6.93. The van der Waals surface area contributed by atoms with Gasteiger partial charge in [0.1, 0.15) is 0 Å². The van der Waals surface area contributed by atoms with E-state index in [0.717, 1.165) is 0 Å². The van der Waals surface area contributed by atoms with Gasteiger partial charge in [-0.05, 0) is 23.6 Å². The van der Waals surface area contributed by atoms with Crippen molar-refractivity contribution in [2.75, 3.05) is 13.1 Å². The van der Waals surface area contributed by atoms with Crippen LogP contribution in [-0.2, 0) is 17.9 Å². The number of nitrogens with zero attached hydrogens (tertiary/aromatic N) is 3. The maximum absolute atomic E-state index is 11.2. The molecule has 0 aliphatic carbocycles. The molecule has 1 saturated heterocycles. The van der Waals surface area contributed by atoms with Crippen LogP contribution in [0.1, 0.15) is 17.5 Å². The summed E-state index contributed by atoms with van der Waals surface area (Å²) in [5.41, 5.74) is 2.35. The minimum Gasteiger partial charge on any atom is -0.481 e. The molecule has 0 unspecified atom stereocenters. The van der Waals surface area contributed by atoms with Crippen LogP contribution in [0.25, 0.3) is 0 Å². The van der Waals surface area contributed by atoms with E-state index in [1.165, 1.54) is 11.1 Å². The number of aliphatic hydroxyl groups excluding tert-OH is 1. The van der Waals surface area contributed by atoms with E-state index in [9.17, 15) is 15.0 Å². The van der Waals surface area contributed by atoms with E-state index in [1.54, 1.807) is 6.20 Å². The highest BCUT2D eigenvalue weighted by Crippen LogP contribution is 2.21. The van der Waals surface area contributed by atoms with Crippen molar-refractivity contribution < 1.29 is 15.0 Å². The van der Waals surface area contributed by atoms with E-state index < -0.39 is 18.0 Å². The van der Waals surface area contributed by atoms with Gasteiger partial charge in [-0.3, -0.25) is 14.4 Å². The first kappa shape index (κ1) is 15.7. The number of carbonyl (C=O) groups is 1. The molecular weight excluding hydrogens is 294 g/mol. The monoisotopic (exact) mass is 315 g/mol. The first-order valence-electron chi connectivity index (χ1n) is 7.81. The molecule has 0 spiro atoms. The number of aliphatic carboxylic acids is 1. The Kier molecular flexibility index (Phi) is 4.73. The van der Waals surface area contributed by atoms with Crippen molar-refractivity contribution in [3.63, 3.8) is 0 Å². The highest BCUT2D eigenvalue weighted by atomic mass is 16.4. The second-order valence-electron chi connectivity index (χ2n) is 6.01. The zero-order chi connectivity index (χ0) is 16.2. The molecule has 2 heterocycles. The van der Waals surface area contributed by atoms with Crippen LogP contribution in [0.5, 0.6) is 0 Å². The van der Waals surface area contributed by atoms with Gasteiger partial charge in [0.05, 0.1) is 18.6 Å². The van der Waals surface area contributed by atoms with Crippen LogP contribution in [-0.4, -0.2) is 50.1 Å². The van der Waals surface area contributed by atoms with Gasteiger partial charge >= 0.3 is 5.97 Å². The number of aromatic nitrogens is 2. The molecule has 2 aromatic rings. The number of rotatable bonds is 5. The topological polar surface area (TPSA) is 78.6 Å². The molecule has 1 aromatic heterocycles. The fourth-order valence-electron chi connectivity index (χ4n) is 3.07. The number of aliphatic hydroxyl groups is 1. The third-order valence-corrected chi connectivity index (χ3v) is 4.38. The Labute approximate surface area is 135 Å². The van der Waals surface area contributed by atoms with Crippen LogP contribution in [0.15, 0.2) is 42.7 Å². The number of piperidine rings is 1. The molecule has 1 aliphatic rings. The predicted molar refractivity (Wildman–Crippen MR) is 84.8 cm³/mol. The van der Waals surface area contributed by atoms with Gasteiger partial charge < -0.3 is 10.2 Å². The summed E-state index contributed by atoms with van der Waals surface area (Å²) in [5.74, 6) is -1.63. The van der Waals surface area contributed by atoms with Gasteiger partial charge in [-0.15, -0.1) is 0 Å². The van der Waals surface area contributed by atoms with Crippen LogP contribution in [0.4, 0.5) is 0 Å². The molecule has 0 saturated carbocycles. The van der Waals surface area contributed by atoms with Crippen LogP contribution in [0.2, 0.25) is 0 Å². The zero-order valence-electron chi connectivity index (χ0n) is 12.9.